The van der Waals surface area contributed by atoms with Gasteiger partial charge in [0.05, 0.1) is 0 Å². The summed E-state index contributed by atoms with van der Waals surface area (Å²) >= 11 is 0. The summed E-state index contributed by atoms with van der Waals surface area (Å²) < 4.78 is 0. The quantitative estimate of drug-likeness (QED) is 0.435. The average molecular weight is 416 g/mol. The third-order valence-electron chi connectivity index (χ3n) is 6.16. The Labute approximate surface area is 190 Å². The first-order valence-electron chi connectivity index (χ1n) is 12.1. The summed E-state index contributed by atoms with van der Waals surface area (Å²) in [6.07, 6.45) is 2.41. The van der Waals surface area contributed by atoms with Crippen molar-refractivity contribution in [3.63, 3.8) is 0 Å². The van der Waals surface area contributed by atoms with E-state index in [0.717, 1.165) is 6.54 Å². The molecule has 0 aromatic rings. The van der Waals surface area contributed by atoms with E-state index in [1.54, 1.807) is 28.0 Å². The fourth-order valence-corrected chi connectivity index (χ4v) is 4.58. The average Bonchev–Trinajstić information content (AvgIpc) is 2.26. The number of hydrogen-bond acceptors (Lipinski definition) is 1. The predicted octanol–water partition coefficient (Wildman–Crippen LogP) is 9.03. The van der Waals surface area contributed by atoms with Crippen LogP contribution in [0, 0.1) is 28.1 Å². The van der Waals surface area contributed by atoms with Crippen molar-refractivity contribution < 1.29 is 0 Å². The van der Waals surface area contributed by atoms with Crippen molar-refractivity contribution in [2.75, 3.05) is 6.54 Å². The molecule has 2 aliphatic rings. The van der Waals surface area contributed by atoms with E-state index in [4.69, 9.17) is 0 Å². The van der Waals surface area contributed by atoms with E-state index in [-0.39, 0.29) is 16.4 Å². The Hall–Kier alpha value is -0.980. The highest BCUT2D eigenvalue weighted by molar-refractivity contribution is 5.58. The number of allylic oxidation sites excluding steroid dienone is 5. The maximum Gasteiger partial charge on any atom is 0.0414 e. The molecule has 0 saturated heterocycles. The second-order valence-electron chi connectivity index (χ2n) is 14.1. The molecule has 0 aromatic carbocycles. The van der Waals surface area contributed by atoms with Gasteiger partial charge in [-0.3, -0.25) is 0 Å². The van der Waals surface area contributed by atoms with Crippen LogP contribution in [0.3, 0.4) is 0 Å². The van der Waals surface area contributed by atoms with Crippen LogP contribution in [0.2, 0.25) is 0 Å². The van der Waals surface area contributed by atoms with Gasteiger partial charge in [0.15, 0.2) is 0 Å². The molecular weight excluding hydrogens is 362 g/mol. The molecular formula is C29H53N. The van der Waals surface area contributed by atoms with E-state index in [1.807, 2.05) is 0 Å². The third-order valence-corrected chi connectivity index (χ3v) is 6.16. The summed E-state index contributed by atoms with van der Waals surface area (Å²) in [7, 11) is 0. The van der Waals surface area contributed by atoms with E-state index in [0.29, 0.717) is 17.3 Å². The standard InChI is InChI=1S/C15H26.C14H27N/c1-10(2)11-9-12(14(3,4)5)13(11)15(6,7)8;1-10(2)11-9-15(14(6,7)8)12(11)13(3,4)5/h9-10H,1-8H3;10H,9H2,1-8H3. The third kappa shape index (κ3) is 6.04. The Morgan fingerprint density at radius 1 is 0.667 bits per heavy atom. The van der Waals surface area contributed by atoms with E-state index in [9.17, 15) is 0 Å². The predicted molar refractivity (Wildman–Crippen MR) is 137 cm³/mol. The van der Waals surface area contributed by atoms with Gasteiger partial charge in [-0.05, 0) is 65.7 Å². The summed E-state index contributed by atoms with van der Waals surface area (Å²) in [6, 6.07) is 0. The molecule has 1 nitrogen and oxygen atoms in total. The lowest BCUT2D eigenvalue weighted by Crippen LogP contribution is -2.52. The summed E-state index contributed by atoms with van der Waals surface area (Å²) in [5.41, 5.74) is 9.07. The number of rotatable bonds is 2. The molecule has 1 aliphatic heterocycles. The molecule has 0 aromatic heterocycles. The van der Waals surface area contributed by atoms with Crippen LogP contribution in [0.25, 0.3) is 0 Å². The second kappa shape index (κ2) is 8.51. The first-order chi connectivity index (χ1) is 13.1. The van der Waals surface area contributed by atoms with Gasteiger partial charge in [-0.15, -0.1) is 0 Å². The van der Waals surface area contributed by atoms with Gasteiger partial charge < -0.3 is 4.90 Å². The molecule has 0 atom stereocenters. The zero-order chi connectivity index (χ0) is 24.0. The van der Waals surface area contributed by atoms with Gasteiger partial charge in [0.1, 0.15) is 0 Å². The lowest BCUT2D eigenvalue weighted by atomic mass is 9.63. The van der Waals surface area contributed by atoms with Gasteiger partial charge in [0.2, 0.25) is 0 Å². The second-order valence-corrected chi connectivity index (χ2v) is 14.1. The molecule has 2 rings (SSSR count). The summed E-state index contributed by atoms with van der Waals surface area (Å²) in [6.45, 7) is 38.1. The fourth-order valence-electron chi connectivity index (χ4n) is 4.58. The summed E-state index contributed by atoms with van der Waals surface area (Å²) in [5, 5.41) is 0. The highest BCUT2D eigenvalue weighted by atomic mass is 15.2. The van der Waals surface area contributed by atoms with Crippen LogP contribution in [0.5, 0.6) is 0 Å². The molecule has 0 spiro atoms. The molecule has 30 heavy (non-hydrogen) atoms. The molecule has 0 N–H and O–H groups in total. The van der Waals surface area contributed by atoms with Gasteiger partial charge >= 0.3 is 0 Å². The van der Waals surface area contributed by atoms with Crippen LogP contribution < -0.4 is 0 Å². The van der Waals surface area contributed by atoms with E-state index in [2.05, 4.69) is 122 Å². The van der Waals surface area contributed by atoms with Crippen molar-refractivity contribution in [2.45, 2.75) is 116 Å². The molecule has 174 valence electrons. The van der Waals surface area contributed by atoms with E-state index < -0.39 is 0 Å². The zero-order valence-corrected chi connectivity index (χ0v) is 23.4. The molecule has 0 saturated carbocycles. The lowest BCUT2D eigenvalue weighted by molar-refractivity contribution is 0.114. The minimum atomic E-state index is 0.265. The lowest BCUT2D eigenvalue weighted by Gasteiger charge is -2.53. The van der Waals surface area contributed by atoms with Gasteiger partial charge in [0, 0.05) is 23.2 Å². The Morgan fingerprint density at radius 3 is 1.40 bits per heavy atom. The van der Waals surface area contributed by atoms with Crippen LogP contribution in [0.15, 0.2) is 34.1 Å². The van der Waals surface area contributed by atoms with Gasteiger partial charge in [-0.2, -0.15) is 0 Å². The Kier molecular flexibility index (Phi) is 7.68. The SMILES string of the molecule is CC(C)C1=C(C(C)(C)C)C(C(C)(C)C)=C1.CC(C)C1=C(C(C)(C)C)N(C(C)(C)C)C1. The van der Waals surface area contributed by atoms with Crippen molar-refractivity contribution in [1.29, 1.82) is 0 Å². The van der Waals surface area contributed by atoms with Crippen molar-refractivity contribution in [3.05, 3.63) is 34.1 Å². The molecule has 1 heteroatoms. The Balaban J connectivity index is 0.000000300. The molecule has 1 aliphatic carbocycles. The van der Waals surface area contributed by atoms with Crippen molar-refractivity contribution in [3.8, 4) is 0 Å². The molecule has 0 bridgehead atoms. The largest absolute Gasteiger partial charge is 0.365 e. The van der Waals surface area contributed by atoms with Crippen molar-refractivity contribution in [1.82, 2.24) is 4.90 Å². The zero-order valence-electron chi connectivity index (χ0n) is 23.4. The van der Waals surface area contributed by atoms with Gasteiger partial charge in [-0.25, -0.2) is 0 Å². The highest BCUT2D eigenvalue weighted by Gasteiger charge is 2.40. The van der Waals surface area contributed by atoms with Crippen LogP contribution >= 0.6 is 0 Å². The van der Waals surface area contributed by atoms with Gasteiger partial charge in [0.25, 0.3) is 0 Å². The van der Waals surface area contributed by atoms with E-state index >= 15 is 0 Å². The van der Waals surface area contributed by atoms with Crippen LogP contribution in [0.1, 0.15) is 111 Å². The van der Waals surface area contributed by atoms with Crippen LogP contribution in [-0.2, 0) is 0 Å². The smallest absolute Gasteiger partial charge is 0.0414 e. The van der Waals surface area contributed by atoms with Crippen LogP contribution in [-0.4, -0.2) is 17.0 Å². The monoisotopic (exact) mass is 415 g/mol. The fraction of sp³-hybridized carbons (Fsp3) is 0.793. The summed E-state index contributed by atoms with van der Waals surface area (Å²) in [5.74, 6) is 1.35. The molecule has 0 radical (unpaired) electrons. The molecule has 1 heterocycles. The maximum absolute atomic E-state index is 2.56. The minimum absolute atomic E-state index is 0.265. The first kappa shape index (κ1) is 27.1. The Bertz CT molecular complexity index is 682. The number of hydrogen-bond donors (Lipinski definition) is 0. The van der Waals surface area contributed by atoms with Crippen molar-refractivity contribution >= 4 is 0 Å². The Morgan fingerprint density at radius 2 is 1.13 bits per heavy atom. The van der Waals surface area contributed by atoms with Gasteiger partial charge in [-0.1, -0.05) is 96.1 Å². The highest BCUT2D eigenvalue weighted by Crippen LogP contribution is 2.50. The first-order valence-corrected chi connectivity index (χ1v) is 12.1. The summed E-state index contributed by atoms with van der Waals surface area (Å²) in [4.78, 5) is 2.56. The van der Waals surface area contributed by atoms with Crippen molar-refractivity contribution in [2.24, 2.45) is 28.1 Å². The molecule has 0 amide bonds. The maximum atomic E-state index is 2.56. The minimum Gasteiger partial charge on any atom is -0.365 e. The van der Waals surface area contributed by atoms with E-state index in [1.165, 1.54) is 0 Å². The van der Waals surface area contributed by atoms with Crippen LogP contribution in [0.4, 0.5) is 0 Å². The normalized spacial score (nSPS) is 18.3. The number of nitrogens with zero attached hydrogens (tertiary/aromatic N) is 1. The molecule has 0 fully saturated rings. The molecule has 0 unspecified atom stereocenters. The topological polar surface area (TPSA) is 3.24 Å².